The van der Waals surface area contributed by atoms with Crippen molar-refractivity contribution in [2.75, 3.05) is 11.5 Å². The molecule has 0 aliphatic heterocycles. The van der Waals surface area contributed by atoms with E-state index in [-0.39, 0.29) is 16.3 Å². The summed E-state index contributed by atoms with van der Waals surface area (Å²) in [6, 6.07) is 8.32. The van der Waals surface area contributed by atoms with E-state index in [0.29, 0.717) is 18.1 Å². The largest absolute Gasteiger partial charge is 0.428 e. The number of nitrogens with one attached hydrogen (secondary N) is 2. The van der Waals surface area contributed by atoms with Crippen molar-refractivity contribution in [2.45, 2.75) is 18.8 Å². The Hall–Kier alpha value is -2.00. The maximum Gasteiger partial charge on any atom is 0.216 e. The molecule has 0 aliphatic carbocycles. The van der Waals surface area contributed by atoms with Crippen LogP contribution >= 0.6 is 23.5 Å². The van der Waals surface area contributed by atoms with E-state index in [1.807, 2.05) is 0 Å². The lowest BCUT2D eigenvalue weighted by atomic mass is 9.96. The van der Waals surface area contributed by atoms with Crippen LogP contribution in [0.5, 0.6) is 0 Å². The molecule has 9 heteroatoms. The molecule has 2 aromatic rings. The van der Waals surface area contributed by atoms with Crippen molar-refractivity contribution < 1.29 is 4.42 Å². The van der Waals surface area contributed by atoms with Gasteiger partial charge in [0.15, 0.2) is 10.3 Å². The van der Waals surface area contributed by atoms with Crippen LogP contribution in [0.1, 0.15) is 22.9 Å². The van der Waals surface area contributed by atoms with Gasteiger partial charge < -0.3 is 15.9 Å². The van der Waals surface area contributed by atoms with E-state index in [4.69, 9.17) is 26.7 Å². The summed E-state index contributed by atoms with van der Waals surface area (Å²) in [4.78, 5) is 0. The van der Waals surface area contributed by atoms with Crippen LogP contribution in [0.25, 0.3) is 0 Å². The molecule has 0 fully saturated rings. The predicted octanol–water partition coefficient (Wildman–Crippen LogP) is 2.19. The van der Waals surface area contributed by atoms with E-state index < -0.39 is 0 Å². The fraction of sp³-hybridized carbons (Fsp3) is 0.333. The number of nitrogens with two attached hydrogens (primary N) is 2. The molecule has 1 aromatic carbocycles. The summed E-state index contributed by atoms with van der Waals surface area (Å²) < 4.78 is 5.24. The van der Waals surface area contributed by atoms with Crippen LogP contribution in [0, 0.1) is 10.8 Å². The molecule has 0 amide bonds. The topological polar surface area (TPSA) is 139 Å². The quantitative estimate of drug-likeness (QED) is 0.416. The number of amidine groups is 2. The van der Waals surface area contributed by atoms with Crippen LogP contribution in [0.2, 0.25) is 0 Å². The lowest BCUT2D eigenvalue weighted by molar-refractivity contribution is 0.478. The molecule has 6 N–H and O–H groups in total. The first kappa shape index (κ1) is 18.3. The van der Waals surface area contributed by atoms with E-state index in [0.717, 1.165) is 17.7 Å². The minimum Gasteiger partial charge on any atom is -0.428 e. The number of aryl methyl sites for hydroxylation is 1. The van der Waals surface area contributed by atoms with Gasteiger partial charge in [-0.05, 0) is 17.5 Å². The van der Waals surface area contributed by atoms with Gasteiger partial charge in [0.25, 0.3) is 0 Å². The van der Waals surface area contributed by atoms with Crippen molar-refractivity contribution in [3.63, 3.8) is 0 Å². The summed E-state index contributed by atoms with van der Waals surface area (Å²) in [7, 11) is 0. The van der Waals surface area contributed by atoms with Crippen LogP contribution in [0.3, 0.4) is 0 Å². The molecule has 0 unspecified atom stereocenters. The minimum atomic E-state index is 0.100. The number of benzene rings is 1. The first-order valence-corrected chi connectivity index (χ1v) is 9.29. The number of hydrogen-bond donors (Lipinski definition) is 4. The highest BCUT2D eigenvalue weighted by Gasteiger charge is 2.16. The minimum absolute atomic E-state index is 0.100. The Labute approximate surface area is 149 Å². The van der Waals surface area contributed by atoms with Gasteiger partial charge >= 0.3 is 0 Å². The van der Waals surface area contributed by atoms with Gasteiger partial charge in [-0.25, -0.2) is 0 Å². The standard InChI is InChI=1S/C15H20N6OS2/c16-14(17)23-6-5-10-1-3-11(4-2-10)12(8-24-15(18)19)7-13-21-20-9-22-13/h1-4,9,12H,5-8H2,(H3,16,17)(H3,18,19)/t12-/m0/s1. The molecule has 2 rings (SSSR count). The average Bonchev–Trinajstić information content (AvgIpc) is 3.05. The summed E-state index contributed by atoms with van der Waals surface area (Å²) in [5, 5.41) is 22.5. The second-order valence-corrected chi connectivity index (χ2v) is 7.31. The van der Waals surface area contributed by atoms with E-state index in [9.17, 15) is 0 Å². The van der Waals surface area contributed by atoms with Crippen LogP contribution in [0.4, 0.5) is 0 Å². The highest BCUT2D eigenvalue weighted by molar-refractivity contribution is 8.13. The zero-order valence-electron chi connectivity index (χ0n) is 13.1. The maximum atomic E-state index is 7.40. The molecular weight excluding hydrogens is 344 g/mol. The predicted molar refractivity (Wildman–Crippen MR) is 99.6 cm³/mol. The van der Waals surface area contributed by atoms with Crippen molar-refractivity contribution in [1.29, 1.82) is 10.8 Å². The first-order chi connectivity index (χ1) is 11.5. The second-order valence-electron chi connectivity index (χ2n) is 5.11. The maximum absolute atomic E-state index is 7.40. The number of hydrogen-bond acceptors (Lipinski definition) is 7. The first-order valence-electron chi connectivity index (χ1n) is 7.32. The molecule has 1 atom stereocenters. The monoisotopic (exact) mass is 364 g/mol. The number of thioether (sulfide) groups is 2. The SMILES string of the molecule is N=C(N)SCCc1ccc([C@H](CSC(=N)N)Cc2nnco2)cc1. The smallest absolute Gasteiger partial charge is 0.216 e. The van der Waals surface area contributed by atoms with Gasteiger partial charge in [-0.2, -0.15) is 0 Å². The Kier molecular flexibility index (Phi) is 7.13. The van der Waals surface area contributed by atoms with E-state index in [2.05, 4.69) is 34.5 Å². The molecule has 24 heavy (non-hydrogen) atoms. The third-order valence-electron chi connectivity index (χ3n) is 3.37. The van der Waals surface area contributed by atoms with Crippen molar-refractivity contribution in [3.05, 3.63) is 47.7 Å². The number of nitrogens with zero attached hydrogens (tertiary/aromatic N) is 2. The van der Waals surface area contributed by atoms with Crippen molar-refractivity contribution in [3.8, 4) is 0 Å². The molecule has 0 bridgehead atoms. The Morgan fingerprint density at radius 3 is 2.42 bits per heavy atom. The van der Waals surface area contributed by atoms with E-state index >= 15 is 0 Å². The highest BCUT2D eigenvalue weighted by atomic mass is 32.2. The molecule has 1 heterocycles. The van der Waals surface area contributed by atoms with Crippen molar-refractivity contribution >= 4 is 33.9 Å². The number of aromatic nitrogens is 2. The highest BCUT2D eigenvalue weighted by Crippen LogP contribution is 2.25. The molecule has 7 nitrogen and oxygen atoms in total. The normalized spacial score (nSPS) is 12.0. The fourth-order valence-electron chi connectivity index (χ4n) is 2.19. The Morgan fingerprint density at radius 2 is 1.83 bits per heavy atom. The van der Waals surface area contributed by atoms with Crippen LogP contribution in [-0.2, 0) is 12.8 Å². The Balaban J connectivity index is 2.01. The fourth-order valence-corrected chi connectivity index (χ4v) is 3.44. The molecule has 1 aromatic heterocycles. The molecule has 0 spiro atoms. The summed E-state index contributed by atoms with van der Waals surface area (Å²) >= 11 is 2.65. The molecule has 128 valence electrons. The zero-order valence-corrected chi connectivity index (χ0v) is 14.7. The van der Waals surface area contributed by atoms with Gasteiger partial charge in [-0.3, -0.25) is 10.8 Å². The molecule has 0 saturated heterocycles. The molecule has 0 saturated carbocycles. The van der Waals surface area contributed by atoms with Gasteiger partial charge in [0.2, 0.25) is 12.3 Å². The molecular formula is C15H20N6OS2. The molecule has 0 aliphatic rings. The third kappa shape index (κ3) is 6.25. The van der Waals surface area contributed by atoms with Crippen LogP contribution in [0.15, 0.2) is 35.1 Å². The van der Waals surface area contributed by atoms with Gasteiger partial charge in [0.1, 0.15) is 0 Å². The van der Waals surface area contributed by atoms with Gasteiger partial charge in [-0.1, -0.05) is 47.8 Å². The summed E-state index contributed by atoms with van der Waals surface area (Å²) in [6.07, 6.45) is 2.79. The average molecular weight is 365 g/mol. The van der Waals surface area contributed by atoms with Crippen LogP contribution < -0.4 is 11.5 Å². The van der Waals surface area contributed by atoms with Gasteiger partial charge in [-0.15, -0.1) is 10.2 Å². The zero-order chi connectivity index (χ0) is 17.4. The van der Waals surface area contributed by atoms with Crippen LogP contribution in [-0.4, -0.2) is 32.0 Å². The summed E-state index contributed by atoms with van der Waals surface area (Å²) in [6.45, 7) is 0. The van der Waals surface area contributed by atoms with Gasteiger partial charge in [0.05, 0.1) is 0 Å². The number of rotatable bonds is 8. The van der Waals surface area contributed by atoms with Gasteiger partial charge in [0, 0.05) is 23.8 Å². The van der Waals surface area contributed by atoms with E-state index in [1.54, 1.807) is 0 Å². The second kappa shape index (κ2) is 9.33. The summed E-state index contributed by atoms with van der Waals surface area (Å²) in [5.74, 6) is 2.18. The Morgan fingerprint density at radius 1 is 1.12 bits per heavy atom. The molecule has 0 radical (unpaired) electrons. The third-order valence-corrected chi connectivity index (χ3v) is 4.96. The van der Waals surface area contributed by atoms with Crippen molar-refractivity contribution in [1.82, 2.24) is 10.2 Å². The lowest BCUT2D eigenvalue weighted by Crippen LogP contribution is -2.12. The Bertz CT molecular complexity index is 659. The lowest BCUT2D eigenvalue weighted by Gasteiger charge is -2.15. The summed E-state index contributed by atoms with van der Waals surface area (Å²) in [5.41, 5.74) is 13.1. The van der Waals surface area contributed by atoms with E-state index in [1.165, 1.54) is 35.5 Å². The van der Waals surface area contributed by atoms with Crippen molar-refractivity contribution in [2.24, 2.45) is 11.5 Å².